The smallest absolute Gasteiger partial charge is 0.326 e. The lowest BCUT2D eigenvalue weighted by molar-refractivity contribution is -0.142. The van der Waals surface area contributed by atoms with Crippen molar-refractivity contribution >= 4 is 46.4 Å². The summed E-state index contributed by atoms with van der Waals surface area (Å²) in [6.45, 7) is 3.20. The second-order valence-electron chi connectivity index (χ2n) is 8.30. The van der Waals surface area contributed by atoms with Crippen molar-refractivity contribution in [3.8, 4) is 0 Å². The minimum absolute atomic E-state index is 0.180. The van der Waals surface area contributed by atoms with E-state index in [1.807, 2.05) is 30.5 Å². The fraction of sp³-hybridized carbons (Fsp3) is 0.478. The zero-order chi connectivity index (χ0) is 25.3. The van der Waals surface area contributed by atoms with Gasteiger partial charge in [0.1, 0.15) is 18.1 Å². The fourth-order valence-corrected chi connectivity index (χ4v) is 4.00. The largest absolute Gasteiger partial charge is 0.480 e. The number of hydrogen-bond acceptors (Lipinski definition) is 6. The number of H-pyrrole nitrogens is 1. The molecule has 0 saturated carbocycles. The van der Waals surface area contributed by atoms with Gasteiger partial charge in [0.2, 0.25) is 17.7 Å². The summed E-state index contributed by atoms with van der Waals surface area (Å²) in [6.07, 6.45) is 4.06. The van der Waals surface area contributed by atoms with Crippen molar-refractivity contribution in [3.05, 3.63) is 36.0 Å². The number of aromatic amines is 1. The number of benzene rings is 1. The van der Waals surface area contributed by atoms with Gasteiger partial charge in [-0.25, -0.2) is 4.79 Å². The number of rotatable bonds is 13. The van der Waals surface area contributed by atoms with E-state index in [2.05, 4.69) is 20.9 Å². The van der Waals surface area contributed by atoms with Crippen molar-refractivity contribution in [3.63, 3.8) is 0 Å². The zero-order valence-corrected chi connectivity index (χ0v) is 20.4. The van der Waals surface area contributed by atoms with Gasteiger partial charge >= 0.3 is 5.97 Å². The number of aromatic nitrogens is 1. The Labute approximate surface area is 202 Å². The van der Waals surface area contributed by atoms with E-state index in [1.165, 1.54) is 11.8 Å². The number of aliphatic carboxylic acids is 1. The van der Waals surface area contributed by atoms with Crippen molar-refractivity contribution in [2.24, 2.45) is 11.7 Å². The molecule has 0 spiro atoms. The number of amides is 3. The number of carboxylic acids is 1. The minimum Gasteiger partial charge on any atom is -0.480 e. The quantitative estimate of drug-likeness (QED) is 0.239. The Hall–Kier alpha value is -3.05. The first-order valence-electron chi connectivity index (χ1n) is 11.0. The highest BCUT2D eigenvalue weighted by molar-refractivity contribution is 7.98. The van der Waals surface area contributed by atoms with E-state index >= 15 is 0 Å². The van der Waals surface area contributed by atoms with E-state index in [4.69, 9.17) is 5.73 Å². The van der Waals surface area contributed by atoms with E-state index in [9.17, 15) is 24.3 Å². The Bertz CT molecular complexity index is 1010. The van der Waals surface area contributed by atoms with Gasteiger partial charge in [-0.15, -0.1) is 0 Å². The number of para-hydroxylation sites is 1. The maximum absolute atomic E-state index is 13.2. The van der Waals surface area contributed by atoms with Crippen LogP contribution < -0.4 is 21.7 Å². The third-order valence-electron chi connectivity index (χ3n) is 5.41. The Morgan fingerprint density at radius 2 is 1.76 bits per heavy atom. The molecule has 2 aromatic rings. The lowest BCUT2D eigenvalue weighted by atomic mass is 10.00. The lowest BCUT2D eigenvalue weighted by Gasteiger charge is -2.26. The van der Waals surface area contributed by atoms with Gasteiger partial charge in [0.15, 0.2) is 0 Å². The monoisotopic (exact) mass is 491 g/mol. The standard InChI is InChI=1S/C23H33N5O5S/c1-13(2)20(22(31)27-17(23(32)33)8-9-34-3)28-21(30)18(26-19(29)11-24)10-14-12-25-16-7-5-4-6-15(14)16/h4-7,12-13,17-18,20,25H,8-11,24H2,1-3H3,(H,26,29)(H,27,31)(H,28,30)(H,32,33). The molecule has 7 N–H and O–H groups in total. The highest BCUT2D eigenvalue weighted by Gasteiger charge is 2.31. The van der Waals surface area contributed by atoms with Crippen molar-refractivity contribution in [1.82, 2.24) is 20.9 Å². The predicted octanol–water partition coefficient (Wildman–Crippen LogP) is 0.617. The van der Waals surface area contributed by atoms with Crippen LogP contribution >= 0.6 is 11.8 Å². The summed E-state index contributed by atoms with van der Waals surface area (Å²) >= 11 is 1.48. The van der Waals surface area contributed by atoms with Gasteiger partial charge in [0.05, 0.1) is 6.54 Å². The molecular formula is C23H33N5O5S. The van der Waals surface area contributed by atoms with Crippen molar-refractivity contribution in [2.45, 2.75) is 44.8 Å². The normalized spacial score (nSPS) is 13.8. The van der Waals surface area contributed by atoms with Crippen LogP contribution in [0.1, 0.15) is 25.8 Å². The van der Waals surface area contributed by atoms with Gasteiger partial charge in [-0.05, 0) is 36.0 Å². The number of carbonyl (C=O) groups is 4. The highest BCUT2D eigenvalue weighted by atomic mass is 32.2. The van der Waals surface area contributed by atoms with Gasteiger partial charge in [0, 0.05) is 23.5 Å². The second kappa shape index (κ2) is 13.0. The zero-order valence-electron chi connectivity index (χ0n) is 19.6. The topological polar surface area (TPSA) is 166 Å². The maximum atomic E-state index is 13.2. The summed E-state index contributed by atoms with van der Waals surface area (Å²) in [4.78, 5) is 52.8. The molecule has 34 heavy (non-hydrogen) atoms. The van der Waals surface area contributed by atoms with Crippen LogP contribution in [0.4, 0.5) is 0 Å². The fourth-order valence-electron chi connectivity index (χ4n) is 3.53. The van der Waals surface area contributed by atoms with Crippen molar-refractivity contribution in [1.29, 1.82) is 0 Å². The number of nitrogens with one attached hydrogen (secondary N) is 4. The molecule has 0 bridgehead atoms. The first-order chi connectivity index (χ1) is 16.2. The van der Waals surface area contributed by atoms with Gasteiger partial charge in [-0.2, -0.15) is 11.8 Å². The Balaban J connectivity index is 2.20. The molecule has 2 rings (SSSR count). The summed E-state index contributed by atoms with van der Waals surface area (Å²) < 4.78 is 0. The molecule has 0 aliphatic carbocycles. The SMILES string of the molecule is CSCCC(NC(=O)C(NC(=O)C(Cc1c[nH]c2ccccc12)NC(=O)CN)C(C)C)C(=O)O. The number of nitrogens with two attached hydrogens (primary N) is 1. The van der Waals surface area contributed by atoms with Crippen LogP contribution in [-0.2, 0) is 25.6 Å². The molecule has 1 aromatic heterocycles. The number of hydrogen-bond donors (Lipinski definition) is 6. The molecule has 3 amide bonds. The third kappa shape index (κ3) is 7.49. The average molecular weight is 492 g/mol. The molecule has 0 saturated heterocycles. The third-order valence-corrected chi connectivity index (χ3v) is 6.05. The van der Waals surface area contributed by atoms with Gasteiger partial charge < -0.3 is 31.8 Å². The van der Waals surface area contributed by atoms with E-state index < -0.39 is 41.8 Å². The molecule has 0 fully saturated rings. The van der Waals surface area contributed by atoms with Crippen molar-refractivity contribution in [2.75, 3.05) is 18.6 Å². The summed E-state index contributed by atoms with van der Waals surface area (Å²) in [5.74, 6) is -2.55. The second-order valence-corrected chi connectivity index (χ2v) is 9.28. The van der Waals surface area contributed by atoms with Gasteiger partial charge in [-0.3, -0.25) is 14.4 Å². The van der Waals surface area contributed by atoms with E-state index in [0.29, 0.717) is 5.75 Å². The molecule has 1 aromatic carbocycles. The van der Waals surface area contributed by atoms with E-state index in [1.54, 1.807) is 20.0 Å². The van der Waals surface area contributed by atoms with Gasteiger partial charge in [-0.1, -0.05) is 32.0 Å². The van der Waals surface area contributed by atoms with E-state index in [0.717, 1.165) is 16.5 Å². The highest BCUT2D eigenvalue weighted by Crippen LogP contribution is 2.19. The lowest BCUT2D eigenvalue weighted by Crippen LogP contribution is -2.58. The Morgan fingerprint density at radius 1 is 1.06 bits per heavy atom. The number of carbonyl (C=O) groups excluding carboxylic acids is 3. The summed E-state index contributed by atoms with van der Waals surface area (Å²) in [5, 5.41) is 18.2. The molecule has 3 atom stereocenters. The van der Waals surface area contributed by atoms with Crippen LogP contribution in [0, 0.1) is 5.92 Å². The molecule has 1 heterocycles. The molecule has 0 aliphatic rings. The summed E-state index contributed by atoms with van der Waals surface area (Å²) in [6, 6.07) is 4.56. The van der Waals surface area contributed by atoms with Crippen LogP contribution in [0.5, 0.6) is 0 Å². The molecule has 3 unspecified atom stereocenters. The minimum atomic E-state index is -1.14. The maximum Gasteiger partial charge on any atom is 0.326 e. The van der Waals surface area contributed by atoms with Crippen LogP contribution in [0.15, 0.2) is 30.5 Å². The first kappa shape index (κ1) is 27.2. The first-order valence-corrected chi connectivity index (χ1v) is 12.4. The van der Waals surface area contributed by atoms with Crippen LogP contribution in [0.3, 0.4) is 0 Å². The van der Waals surface area contributed by atoms with Crippen LogP contribution in [0.2, 0.25) is 0 Å². The predicted molar refractivity (Wildman–Crippen MR) is 132 cm³/mol. The molecular weight excluding hydrogens is 458 g/mol. The number of carboxylic acid groups (broad SMARTS) is 1. The van der Waals surface area contributed by atoms with E-state index in [-0.39, 0.29) is 25.3 Å². The Morgan fingerprint density at radius 3 is 2.38 bits per heavy atom. The number of thioether (sulfide) groups is 1. The molecule has 11 heteroatoms. The average Bonchev–Trinajstić information content (AvgIpc) is 3.21. The Kier molecular flexibility index (Phi) is 10.4. The van der Waals surface area contributed by atoms with Crippen LogP contribution in [-0.4, -0.2) is 70.5 Å². The molecule has 186 valence electrons. The number of fused-ring (bicyclic) bond motifs is 1. The molecule has 10 nitrogen and oxygen atoms in total. The molecule has 0 aliphatic heterocycles. The summed E-state index contributed by atoms with van der Waals surface area (Å²) in [7, 11) is 0. The van der Waals surface area contributed by atoms with Gasteiger partial charge in [0.25, 0.3) is 0 Å². The summed E-state index contributed by atoms with van der Waals surface area (Å²) in [5.41, 5.74) is 7.15. The molecule has 0 radical (unpaired) electrons. The van der Waals surface area contributed by atoms with Crippen LogP contribution in [0.25, 0.3) is 10.9 Å². The van der Waals surface area contributed by atoms with Crippen molar-refractivity contribution < 1.29 is 24.3 Å².